The zero-order chi connectivity index (χ0) is 20.4. The minimum Gasteiger partial charge on any atom is -0.379 e. The maximum Gasteiger partial charge on any atom is 0.244 e. The number of sulfonamides is 1. The zero-order valence-corrected chi connectivity index (χ0v) is 17.7. The van der Waals surface area contributed by atoms with Crippen LogP contribution in [0.15, 0.2) is 35.2 Å². The first kappa shape index (κ1) is 22.6. The van der Waals surface area contributed by atoms with E-state index in [1.165, 1.54) is 23.2 Å². The number of ether oxygens (including phenoxy) is 1. The summed E-state index contributed by atoms with van der Waals surface area (Å²) in [5.74, 6) is 0.391. The van der Waals surface area contributed by atoms with Crippen LogP contribution in [0.5, 0.6) is 0 Å². The van der Waals surface area contributed by atoms with E-state index in [2.05, 4.69) is 19.2 Å². The molecule has 0 aromatic heterocycles. The third-order valence-corrected chi connectivity index (χ3v) is 6.94. The summed E-state index contributed by atoms with van der Waals surface area (Å²) in [6, 6.07) is 6.60. The molecule has 2 rings (SSSR count). The molecule has 0 saturated carbocycles. The normalized spacial score (nSPS) is 16.9. The first-order valence-corrected chi connectivity index (χ1v) is 11.5. The van der Waals surface area contributed by atoms with Gasteiger partial charge in [0.25, 0.3) is 0 Å². The maximum absolute atomic E-state index is 12.6. The molecule has 0 bridgehead atoms. The lowest BCUT2D eigenvalue weighted by atomic mass is 9.99. The van der Waals surface area contributed by atoms with Crippen molar-refractivity contribution in [1.82, 2.24) is 9.62 Å². The molecule has 1 aromatic carbocycles. The van der Waals surface area contributed by atoms with Crippen LogP contribution in [0.4, 0.5) is 0 Å². The van der Waals surface area contributed by atoms with Gasteiger partial charge in [-0.2, -0.15) is 4.31 Å². The van der Waals surface area contributed by atoms with Gasteiger partial charge in [0.05, 0.1) is 18.1 Å². The third kappa shape index (κ3) is 6.72. The van der Waals surface area contributed by atoms with E-state index >= 15 is 0 Å². The van der Waals surface area contributed by atoms with E-state index in [1.54, 1.807) is 30.3 Å². The van der Waals surface area contributed by atoms with Gasteiger partial charge in [0, 0.05) is 25.7 Å². The number of rotatable bonds is 10. The second-order valence-electron chi connectivity index (χ2n) is 7.08. The summed E-state index contributed by atoms with van der Waals surface area (Å²) in [6.45, 7) is 6.61. The van der Waals surface area contributed by atoms with Gasteiger partial charge in [-0.25, -0.2) is 8.42 Å². The number of unbranched alkanes of at least 4 members (excludes halogenated alkanes) is 1. The fourth-order valence-electron chi connectivity index (χ4n) is 3.11. The summed E-state index contributed by atoms with van der Waals surface area (Å²) >= 11 is 0. The van der Waals surface area contributed by atoms with E-state index in [0.29, 0.717) is 38.8 Å². The number of nitrogens with one attached hydrogen (secondary N) is 1. The molecule has 1 fully saturated rings. The fourth-order valence-corrected chi connectivity index (χ4v) is 4.51. The molecule has 1 aliphatic heterocycles. The quantitative estimate of drug-likeness (QED) is 0.604. The summed E-state index contributed by atoms with van der Waals surface area (Å²) in [5, 5.41) is 2.95. The smallest absolute Gasteiger partial charge is 0.244 e. The Morgan fingerprint density at radius 2 is 1.89 bits per heavy atom. The van der Waals surface area contributed by atoms with Crippen LogP contribution >= 0.6 is 0 Å². The molecule has 0 aliphatic carbocycles. The molecule has 1 heterocycles. The van der Waals surface area contributed by atoms with Crippen LogP contribution in [0, 0.1) is 5.92 Å². The van der Waals surface area contributed by atoms with Gasteiger partial charge in [-0.1, -0.05) is 45.2 Å². The van der Waals surface area contributed by atoms with Gasteiger partial charge in [0.15, 0.2) is 0 Å². The van der Waals surface area contributed by atoms with E-state index in [1.807, 2.05) is 0 Å². The minimum absolute atomic E-state index is 0.125. The third-order valence-electron chi connectivity index (χ3n) is 5.02. The largest absolute Gasteiger partial charge is 0.379 e. The van der Waals surface area contributed by atoms with Crippen LogP contribution in [0.1, 0.15) is 45.1 Å². The predicted octanol–water partition coefficient (Wildman–Crippen LogP) is 3.05. The van der Waals surface area contributed by atoms with Crippen molar-refractivity contribution in [1.29, 1.82) is 0 Å². The van der Waals surface area contributed by atoms with E-state index < -0.39 is 10.0 Å². The molecule has 156 valence electrons. The van der Waals surface area contributed by atoms with E-state index in [9.17, 15) is 13.2 Å². The molecule has 28 heavy (non-hydrogen) atoms. The average Bonchev–Trinajstić information content (AvgIpc) is 2.73. The number of carbonyl (C=O) groups is 1. The standard InChI is InChI=1S/C21H32N2O4S/c1-3-5-6-18(4-2)17-22-21(24)12-9-19-7-10-20(11-8-19)28(25,26)23-13-15-27-16-14-23/h7-12,18H,3-6,13-17H2,1-2H3,(H,22,24)/b12-9+. The number of nitrogens with zero attached hydrogens (tertiary/aromatic N) is 1. The highest BCUT2D eigenvalue weighted by atomic mass is 32.2. The molecule has 1 amide bonds. The highest BCUT2D eigenvalue weighted by Gasteiger charge is 2.25. The first-order valence-electron chi connectivity index (χ1n) is 10.1. The van der Waals surface area contributed by atoms with Crippen molar-refractivity contribution in [2.75, 3.05) is 32.8 Å². The van der Waals surface area contributed by atoms with Crippen LogP contribution in [0.25, 0.3) is 6.08 Å². The van der Waals surface area contributed by atoms with Gasteiger partial charge in [-0.05, 0) is 36.1 Å². The molecule has 6 nitrogen and oxygen atoms in total. The lowest BCUT2D eigenvalue weighted by Crippen LogP contribution is -2.40. The van der Waals surface area contributed by atoms with Crippen molar-refractivity contribution in [2.24, 2.45) is 5.92 Å². The van der Waals surface area contributed by atoms with Crippen LogP contribution in [0.3, 0.4) is 0 Å². The molecule has 1 saturated heterocycles. The van der Waals surface area contributed by atoms with Gasteiger partial charge < -0.3 is 10.1 Å². The Kier molecular flexibility index (Phi) is 9.15. The average molecular weight is 409 g/mol. The minimum atomic E-state index is -3.49. The van der Waals surface area contributed by atoms with Crippen LogP contribution in [-0.4, -0.2) is 51.5 Å². The number of hydrogen-bond acceptors (Lipinski definition) is 4. The second kappa shape index (κ2) is 11.3. The number of benzene rings is 1. The SMILES string of the molecule is CCCCC(CC)CNC(=O)/C=C/c1ccc(S(=O)(=O)N2CCOCC2)cc1. The van der Waals surface area contributed by atoms with Gasteiger partial charge in [0.2, 0.25) is 15.9 Å². The Morgan fingerprint density at radius 1 is 1.21 bits per heavy atom. The van der Waals surface area contributed by atoms with Crippen molar-refractivity contribution in [3.05, 3.63) is 35.9 Å². The number of hydrogen-bond donors (Lipinski definition) is 1. The summed E-state index contributed by atoms with van der Waals surface area (Å²) in [6.07, 6.45) is 7.75. The Morgan fingerprint density at radius 3 is 2.50 bits per heavy atom. The Hall–Kier alpha value is -1.70. The Bertz CT molecular complexity index is 738. The number of morpholine rings is 1. The molecule has 1 atom stereocenters. The number of carbonyl (C=O) groups excluding carboxylic acids is 1. The molecule has 0 radical (unpaired) electrons. The summed E-state index contributed by atoms with van der Waals surface area (Å²) in [7, 11) is -3.49. The summed E-state index contributed by atoms with van der Waals surface area (Å²) < 4.78 is 31.9. The Balaban J connectivity index is 1.89. The topological polar surface area (TPSA) is 75.7 Å². The van der Waals surface area contributed by atoms with Crippen LogP contribution < -0.4 is 5.32 Å². The monoisotopic (exact) mass is 408 g/mol. The lowest BCUT2D eigenvalue weighted by molar-refractivity contribution is -0.116. The highest BCUT2D eigenvalue weighted by Crippen LogP contribution is 2.18. The van der Waals surface area contributed by atoms with E-state index in [0.717, 1.165) is 18.4 Å². The van der Waals surface area contributed by atoms with Crippen LogP contribution in [0.2, 0.25) is 0 Å². The molecule has 7 heteroatoms. The predicted molar refractivity (Wildman–Crippen MR) is 111 cm³/mol. The van der Waals surface area contributed by atoms with Crippen molar-refractivity contribution < 1.29 is 17.9 Å². The van der Waals surface area contributed by atoms with Gasteiger partial charge in [0.1, 0.15) is 0 Å². The first-order chi connectivity index (χ1) is 13.5. The molecule has 1 aromatic rings. The van der Waals surface area contributed by atoms with Gasteiger partial charge in [-0.3, -0.25) is 4.79 Å². The van der Waals surface area contributed by atoms with E-state index in [-0.39, 0.29) is 10.8 Å². The summed E-state index contributed by atoms with van der Waals surface area (Å²) in [5.41, 5.74) is 0.786. The van der Waals surface area contributed by atoms with Gasteiger partial charge in [-0.15, -0.1) is 0 Å². The Labute approximate surface area is 169 Å². The molecule has 1 N–H and O–H groups in total. The molecule has 1 aliphatic rings. The van der Waals surface area contributed by atoms with Crippen LogP contribution in [-0.2, 0) is 19.6 Å². The number of amides is 1. The van der Waals surface area contributed by atoms with Crippen molar-refractivity contribution in [2.45, 2.75) is 44.4 Å². The molecular formula is C21H32N2O4S. The van der Waals surface area contributed by atoms with Crippen molar-refractivity contribution in [3.63, 3.8) is 0 Å². The van der Waals surface area contributed by atoms with Crippen molar-refractivity contribution >= 4 is 22.0 Å². The molecular weight excluding hydrogens is 376 g/mol. The van der Waals surface area contributed by atoms with Gasteiger partial charge >= 0.3 is 0 Å². The van der Waals surface area contributed by atoms with E-state index in [4.69, 9.17) is 4.74 Å². The van der Waals surface area contributed by atoms with Crippen molar-refractivity contribution in [3.8, 4) is 0 Å². The summed E-state index contributed by atoms with van der Waals surface area (Å²) in [4.78, 5) is 12.3. The molecule has 1 unspecified atom stereocenters. The fraction of sp³-hybridized carbons (Fsp3) is 0.571. The zero-order valence-electron chi connectivity index (χ0n) is 16.9. The molecule has 0 spiro atoms. The highest BCUT2D eigenvalue weighted by molar-refractivity contribution is 7.89. The lowest BCUT2D eigenvalue weighted by Gasteiger charge is -2.26. The second-order valence-corrected chi connectivity index (χ2v) is 9.02. The maximum atomic E-state index is 12.6.